The van der Waals surface area contributed by atoms with Gasteiger partial charge in [-0.05, 0) is 32.2 Å². The van der Waals surface area contributed by atoms with Crippen molar-refractivity contribution in [1.29, 1.82) is 0 Å². The van der Waals surface area contributed by atoms with Gasteiger partial charge in [0.25, 0.3) is 0 Å². The lowest BCUT2D eigenvalue weighted by atomic mass is 10.1. The molecule has 0 aliphatic carbocycles. The predicted octanol–water partition coefficient (Wildman–Crippen LogP) is 3.17. The Hall–Kier alpha value is -1.20. The van der Waals surface area contributed by atoms with Crippen LogP contribution in [-0.2, 0) is 20.0 Å². The Morgan fingerprint density at radius 2 is 2.35 bits per heavy atom. The average Bonchev–Trinajstić information content (AvgIpc) is 3.12. The van der Waals surface area contributed by atoms with E-state index in [2.05, 4.69) is 28.5 Å². The lowest BCUT2D eigenvalue weighted by molar-refractivity contribution is 0.246. The van der Waals surface area contributed by atoms with E-state index in [1.54, 1.807) is 11.3 Å². The van der Waals surface area contributed by atoms with Crippen molar-refractivity contribution in [2.45, 2.75) is 45.2 Å². The Bertz CT molecular complexity index is 560. The molecule has 1 atom stereocenters. The zero-order valence-electron chi connectivity index (χ0n) is 12.2. The van der Waals surface area contributed by atoms with Crippen LogP contribution in [0.2, 0.25) is 0 Å². The summed E-state index contributed by atoms with van der Waals surface area (Å²) in [6.45, 7) is 4.35. The molecule has 5 heteroatoms. The van der Waals surface area contributed by atoms with Gasteiger partial charge in [-0.1, -0.05) is 6.92 Å². The third-order valence-corrected chi connectivity index (χ3v) is 4.86. The number of thiazole rings is 1. The van der Waals surface area contributed by atoms with Gasteiger partial charge < -0.3 is 0 Å². The van der Waals surface area contributed by atoms with Crippen molar-refractivity contribution < 1.29 is 0 Å². The molecular formula is C15H22N4S. The van der Waals surface area contributed by atoms with Crippen molar-refractivity contribution in [3.63, 3.8) is 0 Å². The highest BCUT2D eigenvalue weighted by Gasteiger charge is 2.27. The Balaban J connectivity index is 1.69. The molecule has 2 aromatic rings. The van der Waals surface area contributed by atoms with E-state index < -0.39 is 0 Å². The van der Waals surface area contributed by atoms with Crippen LogP contribution in [0.4, 0.5) is 0 Å². The molecule has 0 bridgehead atoms. The number of rotatable bonds is 5. The van der Waals surface area contributed by atoms with E-state index in [9.17, 15) is 0 Å². The smallest absolute Gasteiger partial charge is 0.0928 e. The Kier molecular flexibility index (Phi) is 4.17. The first-order chi connectivity index (χ1) is 9.76. The minimum absolute atomic E-state index is 0.514. The van der Waals surface area contributed by atoms with E-state index in [1.807, 2.05) is 17.9 Å². The molecule has 0 radical (unpaired) electrons. The molecule has 1 saturated heterocycles. The standard InChI is InChI=1S/C15H22N4S/c1-3-5-15-17-13(11-20-15)10-19-7-4-6-14(19)12-8-16-18(2)9-12/h8-9,11,14H,3-7,10H2,1-2H3/t14-/m1/s1. The summed E-state index contributed by atoms with van der Waals surface area (Å²) >= 11 is 1.80. The second-order valence-electron chi connectivity index (χ2n) is 5.56. The van der Waals surface area contributed by atoms with Gasteiger partial charge in [-0.15, -0.1) is 11.3 Å². The molecule has 0 aromatic carbocycles. The van der Waals surface area contributed by atoms with Crippen LogP contribution < -0.4 is 0 Å². The Morgan fingerprint density at radius 3 is 3.10 bits per heavy atom. The molecule has 1 aliphatic heterocycles. The summed E-state index contributed by atoms with van der Waals surface area (Å²) in [5, 5.41) is 7.81. The number of hydrogen-bond donors (Lipinski definition) is 0. The van der Waals surface area contributed by atoms with Crippen molar-refractivity contribution in [3.8, 4) is 0 Å². The Morgan fingerprint density at radius 1 is 1.45 bits per heavy atom. The van der Waals surface area contributed by atoms with E-state index in [0.29, 0.717) is 6.04 Å². The largest absolute Gasteiger partial charge is 0.290 e. The van der Waals surface area contributed by atoms with Crippen molar-refractivity contribution in [2.75, 3.05) is 6.54 Å². The summed E-state index contributed by atoms with van der Waals surface area (Å²) < 4.78 is 1.90. The maximum atomic E-state index is 4.75. The first kappa shape index (κ1) is 13.8. The highest BCUT2D eigenvalue weighted by Crippen LogP contribution is 2.32. The molecule has 1 aliphatic rings. The summed E-state index contributed by atoms with van der Waals surface area (Å²) in [5.74, 6) is 0. The monoisotopic (exact) mass is 290 g/mol. The molecule has 0 saturated carbocycles. The summed E-state index contributed by atoms with van der Waals surface area (Å²) in [7, 11) is 1.99. The van der Waals surface area contributed by atoms with Gasteiger partial charge in [-0.25, -0.2) is 4.98 Å². The number of aryl methyl sites for hydroxylation is 2. The van der Waals surface area contributed by atoms with Crippen molar-refractivity contribution in [2.24, 2.45) is 7.05 Å². The third-order valence-electron chi connectivity index (χ3n) is 3.90. The SMILES string of the molecule is CCCc1nc(CN2CCC[C@@H]2c2cnn(C)c2)cs1. The fourth-order valence-corrected chi connectivity index (χ4v) is 3.85. The van der Waals surface area contributed by atoms with Gasteiger partial charge in [0.2, 0.25) is 0 Å². The summed E-state index contributed by atoms with van der Waals surface area (Å²) in [4.78, 5) is 7.30. The van der Waals surface area contributed by atoms with Crippen LogP contribution >= 0.6 is 11.3 Å². The van der Waals surface area contributed by atoms with Crippen LogP contribution in [0.3, 0.4) is 0 Å². The van der Waals surface area contributed by atoms with E-state index in [0.717, 1.165) is 13.0 Å². The minimum atomic E-state index is 0.514. The first-order valence-electron chi connectivity index (χ1n) is 7.42. The Labute approximate surface area is 124 Å². The van der Waals surface area contributed by atoms with Gasteiger partial charge in [-0.2, -0.15) is 5.10 Å². The molecule has 20 heavy (non-hydrogen) atoms. The molecule has 1 fully saturated rings. The maximum Gasteiger partial charge on any atom is 0.0928 e. The van der Waals surface area contributed by atoms with E-state index >= 15 is 0 Å². The molecule has 0 amide bonds. The average molecular weight is 290 g/mol. The highest BCUT2D eigenvalue weighted by molar-refractivity contribution is 7.09. The minimum Gasteiger partial charge on any atom is -0.290 e. The summed E-state index contributed by atoms with van der Waals surface area (Å²) in [5.41, 5.74) is 2.57. The van der Waals surface area contributed by atoms with Gasteiger partial charge in [-0.3, -0.25) is 9.58 Å². The van der Waals surface area contributed by atoms with Crippen LogP contribution in [0, 0.1) is 0 Å². The number of likely N-dealkylation sites (tertiary alicyclic amines) is 1. The quantitative estimate of drug-likeness (QED) is 0.848. The fraction of sp³-hybridized carbons (Fsp3) is 0.600. The first-order valence-corrected chi connectivity index (χ1v) is 8.30. The predicted molar refractivity (Wildman–Crippen MR) is 81.7 cm³/mol. The molecule has 4 nitrogen and oxygen atoms in total. The van der Waals surface area contributed by atoms with Crippen molar-refractivity contribution in [1.82, 2.24) is 19.7 Å². The molecule has 3 rings (SSSR count). The lowest BCUT2D eigenvalue weighted by Gasteiger charge is -2.22. The van der Waals surface area contributed by atoms with Gasteiger partial charge in [0.05, 0.1) is 16.9 Å². The number of nitrogens with zero attached hydrogens (tertiary/aromatic N) is 4. The van der Waals surface area contributed by atoms with Crippen LogP contribution in [0.1, 0.15) is 48.5 Å². The molecule has 2 aromatic heterocycles. The van der Waals surface area contributed by atoms with Gasteiger partial charge >= 0.3 is 0 Å². The molecule has 108 valence electrons. The van der Waals surface area contributed by atoms with Crippen LogP contribution in [-0.4, -0.2) is 26.2 Å². The van der Waals surface area contributed by atoms with Crippen molar-refractivity contribution in [3.05, 3.63) is 34.0 Å². The fourth-order valence-electron chi connectivity index (χ4n) is 2.96. The third kappa shape index (κ3) is 2.94. The molecule has 3 heterocycles. The second kappa shape index (κ2) is 6.06. The normalized spacial score (nSPS) is 19.8. The number of hydrogen-bond acceptors (Lipinski definition) is 4. The van der Waals surface area contributed by atoms with Gasteiger partial charge in [0.1, 0.15) is 0 Å². The van der Waals surface area contributed by atoms with E-state index in [1.165, 1.54) is 42.1 Å². The number of aromatic nitrogens is 3. The molecule has 0 unspecified atom stereocenters. The second-order valence-corrected chi connectivity index (χ2v) is 6.50. The maximum absolute atomic E-state index is 4.75. The van der Waals surface area contributed by atoms with Crippen LogP contribution in [0.15, 0.2) is 17.8 Å². The van der Waals surface area contributed by atoms with E-state index in [4.69, 9.17) is 4.98 Å². The molecule has 0 spiro atoms. The van der Waals surface area contributed by atoms with Crippen LogP contribution in [0.5, 0.6) is 0 Å². The lowest BCUT2D eigenvalue weighted by Crippen LogP contribution is -2.22. The van der Waals surface area contributed by atoms with E-state index in [-0.39, 0.29) is 0 Å². The van der Waals surface area contributed by atoms with Gasteiger partial charge in [0.15, 0.2) is 0 Å². The zero-order valence-corrected chi connectivity index (χ0v) is 13.1. The van der Waals surface area contributed by atoms with Crippen molar-refractivity contribution >= 4 is 11.3 Å². The zero-order chi connectivity index (χ0) is 13.9. The highest BCUT2D eigenvalue weighted by atomic mass is 32.1. The summed E-state index contributed by atoms with van der Waals surface area (Å²) in [6, 6.07) is 0.514. The summed E-state index contributed by atoms with van der Waals surface area (Å²) in [6.07, 6.45) is 8.94. The van der Waals surface area contributed by atoms with Gasteiger partial charge in [0, 0.05) is 36.8 Å². The topological polar surface area (TPSA) is 34.0 Å². The molecule has 0 N–H and O–H groups in total. The molecular weight excluding hydrogens is 268 g/mol. The van der Waals surface area contributed by atoms with Crippen LogP contribution in [0.25, 0.3) is 0 Å².